The fourth-order valence-electron chi connectivity index (χ4n) is 2.75. The average Bonchev–Trinajstić information content (AvgIpc) is 2.91. The second kappa shape index (κ2) is 6.76. The Labute approximate surface area is 123 Å². The molecule has 116 valence electrons. The molecule has 6 nitrogen and oxygen atoms in total. The number of rotatable bonds is 5. The summed E-state index contributed by atoms with van der Waals surface area (Å²) in [5, 5.41) is 9.11. The van der Waals surface area contributed by atoms with Crippen molar-refractivity contribution in [2.45, 2.75) is 26.2 Å². The second-order valence-electron chi connectivity index (χ2n) is 5.32. The van der Waals surface area contributed by atoms with E-state index in [0.717, 1.165) is 12.8 Å². The SMILES string of the molecule is CCc1oc(C(=O)N2CCCC(COC)C2)cc1C(=O)O. The molecular weight excluding hydrogens is 274 g/mol. The Bertz CT molecular complexity index is 520. The van der Waals surface area contributed by atoms with Crippen molar-refractivity contribution < 1.29 is 23.8 Å². The lowest BCUT2D eigenvalue weighted by Gasteiger charge is -2.31. The van der Waals surface area contributed by atoms with Crippen LogP contribution >= 0.6 is 0 Å². The van der Waals surface area contributed by atoms with E-state index in [1.165, 1.54) is 6.07 Å². The molecule has 1 amide bonds. The minimum Gasteiger partial charge on any atom is -0.478 e. The van der Waals surface area contributed by atoms with Gasteiger partial charge in [0, 0.05) is 32.7 Å². The van der Waals surface area contributed by atoms with Crippen LogP contribution in [0.15, 0.2) is 10.5 Å². The number of amides is 1. The summed E-state index contributed by atoms with van der Waals surface area (Å²) >= 11 is 0. The summed E-state index contributed by atoms with van der Waals surface area (Å²) in [6.45, 7) is 3.72. The van der Waals surface area contributed by atoms with Gasteiger partial charge in [0.15, 0.2) is 5.76 Å². The van der Waals surface area contributed by atoms with E-state index >= 15 is 0 Å². The quantitative estimate of drug-likeness (QED) is 0.899. The molecule has 0 aromatic carbocycles. The molecule has 0 radical (unpaired) electrons. The number of methoxy groups -OCH3 is 1. The minimum absolute atomic E-state index is 0.0753. The first-order chi connectivity index (χ1) is 10.1. The molecule has 0 saturated carbocycles. The number of aromatic carboxylic acids is 1. The van der Waals surface area contributed by atoms with Gasteiger partial charge in [-0.2, -0.15) is 0 Å². The first-order valence-corrected chi connectivity index (χ1v) is 7.21. The molecule has 0 aliphatic carbocycles. The Morgan fingerprint density at radius 1 is 1.52 bits per heavy atom. The highest BCUT2D eigenvalue weighted by Crippen LogP contribution is 2.22. The van der Waals surface area contributed by atoms with Gasteiger partial charge < -0.3 is 19.2 Å². The smallest absolute Gasteiger partial charge is 0.339 e. The third-order valence-corrected chi connectivity index (χ3v) is 3.78. The molecule has 1 aromatic heterocycles. The van der Waals surface area contributed by atoms with Crippen LogP contribution in [0.3, 0.4) is 0 Å². The van der Waals surface area contributed by atoms with E-state index in [9.17, 15) is 9.59 Å². The molecule has 0 bridgehead atoms. The number of carboxylic acids is 1. The number of nitrogens with zero attached hydrogens (tertiary/aromatic N) is 1. The van der Waals surface area contributed by atoms with Gasteiger partial charge in [-0.3, -0.25) is 4.79 Å². The van der Waals surface area contributed by atoms with E-state index in [0.29, 0.717) is 37.8 Å². The lowest BCUT2D eigenvalue weighted by Crippen LogP contribution is -2.41. The Morgan fingerprint density at radius 2 is 2.29 bits per heavy atom. The van der Waals surface area contributed by atoms with Crippen LogP contribution in [0.2, 0.25) is 0 Å². The largest absolute Gasteiger partial charge is 0.478 e. The van der Waals surface area contributed by atoms with E-state index in [-0.39, 0.29) is 17.2 Å². The summed E-state index contributed by atoms with van der Waals surface area (Å²) < 4.78 is 10.6. The first-order valence-electron chi connectivity index (χ1n) is 7.21. The molecule has 0 spiro atoms. The van der Waals surface area contributed by atoms with Crippen LogP contribution < -0.4 is 0 Å². The van der Waals surface area contributed by atoms with E-state index in [1.54, 1.807) is 18.9 Å². The predicted octanol–water partition coefficient (Wildman–Crippen LogP) is 2.04. The van der Waals surface area contributed by atoms with E-state index in [2.05, 4.69) is 0 Å². The maximum absolute atomic E-state index is 12.5. The zero-order valence-electron chi connectivity index (χ0n) is 12.4. The molecule has 21 heavy (non-hydrogen) atoms. The van der Waals surface area contributed by atoms with Gasteiger partial charge in [-0.05, 0) is 18.8 Å². The number of ether oxygens (including phenoxy) is 1. The average molecular weight is 295 g/mol. The summed E-state index contributed by atoms with van der Waals surface area (Å²) in [7, 11) is 1.65. The third-order valence-electron chi connectivity index (χ3n) is 3.78. The van der Waals surface area contributed by atoms with Gasteiger partial charge in [-0.15, -0.1) is 0 Å². The van der Waals surface area contributed by atoms with Crippen LogP contribution in [0.5, 0.6) is 0 Å². The number of piperidine rings is 1. The molecule has 1 aromatic rings. The van der Waals surface area contributed by atoms with Crippen LogP contribution in [-0.4, -0.2) is 48.7 Å². The molecule has 1 atom stereocenters. The zero-order valence-corrected chi connectivity index (χ0v) is 12.4. The van der Waals surface area contributed by atoms with Crippen LogP contribution in [-0.2, 0) is 11.2 Å². The fourth-order valence-corrected chi connectivity index (χ4v) is 2.75. The first kappa shape index (κ1) is 15.6. The van der Waals surface area contributed by atoms with E-state index in [4.69, 9.17) is 14.3 Å². The fraction of sp³-hybridized carbons (Fsp3) is 0.600. The van der Waals surface area contributed by atoms with Crippen LogP contribution in [0.4, 0.5) is 0 Å². The van der Waals surface area contributed by atoms with Gasteiger partial charge in [-0.25, -0.2) is 4.79 Å². The zero-order chi connectivity index (χ0) is 15.4. The third kappa shape index (κ3) is 3.44. The van der Waals surface area contributed by atoms with Crippen molar-refractivity contribution in [3.8, 4) is 0 Å². The number of hydrogen-bond acceptors (Lipinski definition) is 4. The van der Waals surface area contributed by atoms with Gasteiger partial charge in [0.2, 0.25) is 0 Å². The lowest BCUT2D eigenvalue weighted by atomic mass is 9.99. The van der Waals surface area contributed by atoms with Crippen LogP contribution in [0, 0.1) is 5.92 Å². The molecule has 1 unspecified atom stereocenters. The van der Waals surface area contributed by atoms with Gasteiger partial charge in [0.1, 0.15) is 11.3 Å². The molecular formula is C15H21NO5. The Balaban J connectivity index is 2.14. The standard InChI is InChI=1S/C15H21NO5/c1-3-12-11(15(18)19)7-13(21-12)14(17)16-6-4-5-10(8-16)9-20-2/h7,10H,3-6,8-9H2,1-2H3,(H,18,19). The van der Waals surface area contributed by atoms with Crippen molar-refractivity contribution >= 4 is 11.9 Å². The minimum atomic E-state index is -1.06. The molecule has 2 rings (SSSR count). The van der Waals surface area contributed by atoms with Crippen molar-refractivity contribution in [2.75, 3.05) is 26.8 Å². The van der Waals surface area contributed by atoms with Gasteiger partial charge in [0.05, 0.1) is 6.61 Å². The summed E-state index contributed by atoms with van der Waals surface area (Å²) in [6.07, 6.45) is 2.41. The molecule has 1 N–H and O–H groups in total. The highest BCUT2D eigenvalue weighted by molar-refractivity contribution is 5.96. The van der Waals surface area contributed by atoms with Crippen molar-refractivity contribution in [2.24, 2.45) is 5.92 Å². The number of carboxylic acid groups (broad SMARTS) is 1. The Morgan fingerprint density at radius 3 is 2.86 bits per heavy atom. The van der Waals surface area contributed by atoms with Crippen LogP contribution in [0.1, 0.15) is 46.4 Å². The summed E-state index contributed by atoms with van der Waals surface area (Å²) in [5.74, 6) is -0.519. The number of carbonyl (C=O) groups excluding carboxylic acids is 1. The Kier molecular flexibility index (Phi) is 5.01. The van der Waals surface area contributed by atoms with E-state index < -0.39 is 5.97 Å². The maximum Gasteiger partial charge on any atom is 0.339 e. The van der Waals surface area contributed by atoms with Gasteiger partial charge >= 0.3 is 5.97 Å². The molecule has 1 aliphatic heterocycles. The van der Waals surface area contributed by atoms with Crippen LogP contribution in [0.25, 0.3) is 0 Å². The lowest BCUT2D eigenvalue weighted by molar-refractivity contribution is 0.0541. The second-order valence-corrected chi connectivity index (χ2v) is 5.32. The topological polar surface area (TPSA) is 80.0 Å². The van der Waals surface area contributed by atoms with Crippen molar-refractivity contribution in [3.05, 3.63) is 23.2 Å². The molecule has 1 fully saturated rings. The maximum atomic E-state index is 12.5. The normalized spacial score (nSPS) is 18.8. The van der Waals surface area contributed by atoms with Gasteiger partial charge in [-0.1, -0.05) is 6.92 Å². The van der Waals surface area contributed by atoms with Crippen molar-refractivity contribution in [1.82, 2.24) is 4.90 Å². The van der Waals surface area contributed by atoms with Crippen molar-refractivity contribution in [1.29, 1.82) is 0 Å². The molecule has 2 heterocycles. The Hall–Kier alpha value is -1.82. The molecule has 1 saturated heterocycles. The summed E-state index contributed by atoms with van der Waals surface area (Å²) in [6, 6.07) is 1.34. The van der Waals surface area contributed by atoms with Crippen molar-refractivity contribution in [3.63, 3.8) is 0 Å². The molecule has 6 heteroatoms. The van der Waals surface area contributed by atoms with Gasteiger partial charge in [0.25, 0.3) is 5.91 Å². The number of likely N-dealkylation sites (tertiary alicyclic amines) is 1. The number of furan rings is 1. The monoisotopic (exact) mass is 295 g/mol. The summed E-state index contributed by atoms with van der Waals surface area (Å²) in [5.41, 5.74) is 0.0753. The predicted molar refractivity (Wildman–Crippen MR) is 75.5 cm³/mol. The number of carbonyl (C=O) groups is 2. The van der Waals surface area contributed by atoms with E-state index in [1.807, 2.05) is 0 Å². The highest BCUT2D eigenvalue weighted by atomic mass is 16.5. The number of hydrogen-bond donors (Lipinski definition) is 1. The molecule has 1 aliphatic rings. The summed E-state index contributed by atoms with van der Waals surface area (Å²) in [4.78, 5) is 25.3. The number of aryl methyl sites for hydroxylation is 1. The highest BCUT2D eigenvalue weighted by Gasteiger charge is 2.28.